The first kappa shape index (κ1) is 12.4. The molecule has 3 atom stereocenters. The normalized spacial score (nSPS) is 37.1. The molecule has 4 nitrogen and oxygen atoms in total. The zero-order valence-corrected chi connectivity index (χ0v) is 11.1. The minimum absolute atomic E-state index is 0.144. The van der Waals surface area contributed by atoms with Crippen molar-refractivity contribution in [2.75, 3.05) is 32.8 Å². The summed E-state index contributed by atoms with van der Waals surface area (Å²) in [5.74, 6) is 1.83. The fourth-order valence-electron chi connectivity index (χ4n) is 3.58. The van der Waals surface area contributed by atoms with Crippen LogP contribution in [0.2, 0.25) is 0 Å². The maximum atomic E-state index is 12.4. The van der Waals surface area contributed by atoms with Crippen molar-refractivity contribution >= 4 is 5.91 Å². The van der Waals surface area contributed by atoms with Gasteiger partial charge in [-0.3, -0.25) is 4.79 Å². The third kappa shape index (κ3) is 2.54. The summed E-state index contributed by atoms with van der Waals surface area (Å²) in [6, 6.07) is 0. The van der Waals surface area contributed by atoms with Crippen molar-refractivity contribution < 1.29 is 9.53 Å². The van der Waals surface area contributed by atoms with Crippen LogP contribution in [0.4, 0.5) is 0 Å². The van der Waals surface area contributed by atoms with Gasteiger partial charge in [0, 0.05) is 19.7 Å². The molecule has 0 aliphatic carbocycles. The summed E-state index contributed by atoms with van der Waals surface area (Å²) < 4.78 is 5.62. The highest BCUT2D eigenvalue weighted by Crippen LogP contribution is 2.28. The molecule has 1 unspecified atom stereocenters. The Kier molecular flexibility index (Phi) is 3.85. The predicted molar refractivity (Wildman–Crippen MR) is 69.3 cm³/mol. The number of hydrogen-bond donors (Lipinski definition) is 1. The van der Waals surface area contributed by atoms with E-state index in [0.29, 0.717) is 0 Å². The molecule has 3 heterocycles. The zero-order valence-electron chi connectivity index (χ0n) is 11.1. The van der Waals surface area contributed by atoms with E-state index in [-0.39, 0.29) is 12.0 Å². The van der Waals surface area contributed by atoms with Gasteiger partial charge in [-0.1, -0.05) is 0 Å². The van der Waals surface area contributed by atoms with Crippen molar-refractivity contribution in [3.63, 3.8) is 0 Å². The minimum atomic E-state index is -0.144. The summed E-state index contributed by atoms with van der Waals surface area (Å²) in [7, 11) is 0. The van der Waals surface area contributed by atoms with Crippen LogP contribution in [0.25, 0.3) is 0 Å². The molecule has 3 aliphatic heterocycles. The van der Waals surface area contributed by atoms with Crippen molar-refractivity contribution in [3.8, 4) is 0 Å². The highest BCUT2D eigenvalue weighted by atomic mass is 16.5. The Balaban J connectivity index is 1.57. The van der Waals surface area contributed by atoms with E-state index >= 15 is 0 Å². The summed E-state index contributed by atoms with van der Waals surface area (Å²) >= 11 is 0. The summed E-state index contributed by atoms with van der Waals surface area (Å²) in [4.78, 5) is 14.5. The van der Waals surface area contributed by atoms with E-state index in [1.54, 1.807) is 0 Å². The van der Waals surface area contributed by atoms with Crippen LogP contribution in [0.3, 0.4) is 0 Å². The average Bonchev–Trinajstić information content (AvgIpc) is 2.78. The molecule has 0 aromatic carbocycles. The van der Waals surface area contributed by atoms with Crippen molar-refractivity contribution in [1.82, 2.24) is 10.2 Å². The Hall–Kier alpha value is -0.610. The maximum absolute atomic E-state index is 12.4. The molecular weight excluding hydrogens is 228 g/mol. The second-order valence-corrected chi connectivity index (χ2v) is 5.94. The number of rotatable bonds is 1. The Morgan fingerprint density at radius 2 is 1.78 bits per heavy atom. The molecule has 0 aromatic rings. The van der Waals surface area contributed by atoms with Gasteiger partial charge in [0.05, 0.1) is 0 Å². The second-order valence-electron chi connectivity index (χ2n) is 5.94. The van der Waals surface area contributed by atoms with Crippen LogP contribution in [0.15, 0.2) is 0 Å². The number of nitrogens with zero attached hydrogens (tertiary/aromatic N) is 1. The van der Waals surface area contributed by atoms with Gasteiger partial charge in [0.25, 0.3) is 5.91 Å². The number of carbonyl (C=O) groups is 1. The molecule has 1 N–H and O–H groups in total. The Morgan fingerprint density at radius 1 is 1.06 bits per heavy atom. The molecule has 0 saturated carbocycles. The molecule has 18 heavy (non-hydrogen) atoms. The monoisotopic (exact) mass is 252 g/mol. The van der Waals surface area contributed by atoms with Crippen LogP contribution in [0.1, 0.15) is 32.1 Å². The number of carbonyl (C=O) groups excluding carboxylic acids is 1. The van der Waals surface area contributed by atoms with Crippen molar-refractivity contribution in [2.45, 2.75) is 38.2 Å². The fraction of sp³-hybridized carbons (Fsp3) is 0.929. The van der Waals surface area contributed by atoms with Crippen molar-refractivity contribution in [1.29, 1.82) is 0 Å². The average molecular weight is 252 g/mol. The topological polar surface area (TPSA) is 41.6 Å². The Bertz CT molecular complexity index is 288. The predicted octanol–water partition coefficient (Wildman–Crippen LogP) is 1.01. The summed E-state index contributed by atoms with van der Waals surface area (Å²) in [6.45, 7) is 4.92. The van der Waals surface area contributed by atoms with Gasteiger partial charge in [0.15, 0.2) is 0 Å². The smallest absolute Gasteiger partial charge is 0.251 e. The lowest BCUT2D eigenvalue weighted by atomic mass is 9.92. The number of fused-ring (bicyclic) bond motifs is 1. The van der Waals surface area contributed by atoms with E-state index < -0.39 is 0 Å². The van der Waals surface area contributed by atoms with E-state index in [4.69, 9.17) is 4.74 Å². The van der Waals surface area contributed by atoms with E-state index in [2.05, 4.69) is 10.2 Å². The fourth-order valence-corrected chi connectivity index (χ4v) is 3.58. The van der Waals surface area contributed by atoms with Gasteiger partial charge in [-0.25, -0.2) is 0 Å². The first-order valence-electron chi connectivity index (χ1n) is 7.45. The van der Waals surface area contributed by atoms with Gasteiger partial charge in [-0.2, -0.15) is 0 Å². The zero-order chi connectivity index (χ0) is 12.4. The molecule has 0 spiro atoms. The molecule has 0 aromatic heterocycles. The van der Waals surface area contributed by atoms with Crippen LogP contribution in [-0.4, -0.2) is 49.7 Å². The third-order valence-corrected chi connectivity index (χ3v) is 4.79. The van der Waals surface area contributed by atoms with Gasteiger partial charge in [-0.05, 0) is 57.0 Å². The van der Waals surface area contributed by atoms with Crippen LogP contribution in [0, 0.1) is 11.8 Å². The largest absolute Gasteiger partial charge is 0.368 e. The number of amides is 1. The molecule has 3 rings (SSSR count). The lowest BCUT2D eigenvalue weighted by Crippen LogP contribution is -2.42. The van der Waals surface area contributed by atoms with Gasteiger partial charge in [0.1, 0.15) is 6.10 Å². The standard InChI is InChI=1S/C14H24N2O2/c17-14(13-3-1-2-8-18-13)16-6-4-11-9-15-10-12(11)5-7-16/h11-13,15H,1-10H2/t11-,12+,13?. The van der Waals surface area contributed by atoms with Crippen LogP contribution >= 0.6 is 0 Å². The number of ether oxygens (including phenoxy) is 1. The molecule has 3 aliphatic rings. The van der Waals surface area contributed by atoms with Crippen molar-refractivity contribution in [2.24, 2.45) is 11.8 Å². The number of likely N-dealkylation sites (tertiary alicyclic amines) is 1. The first-order valence-corrected chi connectivity index (χ1v) is 7.45. The highest BCUT2D eigenvalue weighted by molar-refractivity contribution is 5.81. The van der Waals surface area contributed by atoms with E-state index in [1.807, 2.05) is 0 Å². The lowest BCUT2D eigenvalue weighted by Gasteiger charge is -2.28. The molecule has 3 fully saturated rings. The van der Waals surface area contributed by atoms with E-state index in [0.717, 1.165) is 76.7 Å². The van der Waals surface area contributed by atoms with Crippen LogP contribution < -0.4 is 5.32 Å². The Labute approximate surface area is 109 Å². The molecule has 1 amide bonds. The lowest BCUT2D eigenvalue weighted by molar-refractivity contribution is -0.146. The molecule has 0 radical (unpaired) electrons. The number of hydrogen-bond acceptors (Lipinski definition) is 3. The SMILES string of the molecule is O=C(C1CCCCO1)N1CC[C@@H]2CNC[C@@H]2CC1. The van der Waals surface area contributed by atoms with Gasteiger partial charge in [-0.15, -0.1) is 0 Å². The molecule has 3 saturated heterocycles. The summed E-state index contributed by atoms with van der Waals surface area (Å²) in [5, 5.41) is 3.47. The molecule has 102 valence electrons. The van der Waals surface area contributed by atoms with Gasteiger partial charge >= 0.3 is 0 Å². The van der Waals surface area contributed by atoms with Crippen LogP contribution in [0.5, 0.6) is 0 Å². The molecular formula is C14H24N2O2. The van der Waals surface area contributed by atoms with E-state index in [9.17, 15) is 4.79 Å². The molecule has 4 heteroatoms. The van der Waals surface area contributed by atoms with Crippen molar-refractivity contribution in [3.05, 3.63) is 0 Å². The quantitative estimate of drug-likeness (QED) is 0.757. The second kappa shape index (κ2) is 5.57. The number of nitrogens with one attached hydrogen (secondary N) is 1. The third-order valence-electron chi connectivity index (χ3n) is 4.79. The summed E-state index contributed by atoms with van der Waals surface area (Å²) in [6.07, 6.45) is 5.35. The first-order chi connectivity index (χ1) is 8.84. The van der Waals surface area contributed by atoms with E-state index in [1.165, 1.54) is 0 Å². The van der Waals surface area contributed by atoms with Gasteiger partial charge in [0.2, 0.25) is 0 Å². The van der Waals surface area contributed by atoms with Gasteiger partial charge < -0.3 is 15.0 Å². The molecule has 0 bridgehead atoms. The summed E-state index contributed by atoms with van der Waals surface area (Å²) in [5.41, 5.74) is 0. The highest BCUT2D eigenvalue weighted by Gasteiger charge is 2.33. The maximum Gasteiger partial charge on any atom is 0.251 e. The minimum Gasteiger partial charge on any atom is -0.368 e. The van der Waals surface area contributed by atoms with Crippen LogP contribution in [-0.2, 0) is 9.53 Å². The Morgan fingerprint density at radius 3 is 2.39 bits per heavy atom.